The fourth-order valence-corrected chi connectivity index (χ4v) is 2.47. The zero-order valence-electron chi connectivity index (χ0n) is 10.5. The zero-order valence-corrected chi connectivity index (χ0v) is 10.5. The Morgan fingerprint density at radius 3 is 2.88 bits per heavy atom. The minimum Gasteiger partial charge on any atom is -0.389 e. The normalized spacial score (nSPS) is 29.5. The van der Waals surface area contributed by atoms with Crippen molar-refractivity contribution in [2.45, 2.75) is 63.6 Å². The highest BCUT2D eigenvalue weighted by atomic mass is 16.3. The Balaban J connectivity index is 2.01. The molecular weight excluding hydrogens is 216 g/mol. The van der Waals surface area contributed by atoms with Gasteiger partial charge in [-0.3, -0.25) is 4.68 Å². The van der Waals surface area contributed by atoms with E-state index in [2.05, 4.69) is 17.0 Å². The first-order valence-electron chi connectivity index (χ1n) is 6.47. The lowest BCUT2D eigenvalue weighted by molar-refractivity contribution is -0.00234. The van der Waals surface area contributed by atoms with Crippen molar-refractivity contribution in [2.24, 2.45) is 5.73 Å². The van der Waals surface area contributed by atoms with Crippen molar-refractivity contribution in [3.05, 3.63) is 12.2 Å². The van der Waals surface area contributed by atoms with Crippen LogP contribution in [0.15, 0.2) is 6.33 Å². The van der Waals surface area contributed by atoms with E-state index in [-0.39, 0.29) is 6.04 Å². The molecule has 1 fully saturated rings. The van der Waals surface area contributed by atoms with Crippen molar-refractivity contribution in [3.8, 4) is 0 Å². The van der Waals surface area contributed by atoms with E-state index in [1.54, 1.807) is 6.33 Å². The van der Waals surface area contributed by atoms with Gasteiger partial charge in [0.2, 0.25) is 0 Å². The molecule has 3 N–H and O–H groups in total. The Bertz CT molecular complexity index is 355. The molecule has 0 spiro atoms. The van der Waals surface area contributed by atoms with Gasteiger partial charge in [0.05, 0.1) is 5.60 Å². The molecule has 0 aliphatic heterocycles. The first kappa shape index (κ1) is 12.5. The molecular formula is C12H22N4O. The van der Waals surface area contributed by atoms with Gasteiger partial charge in [-0.25, -0.2) is 4.98 Å². The van der Waals surface area contributed by atoms with E-state index in [9.17, 15) is 5.11 Å². The van der Waals surface area contributed by atoms with Crippen LogP contribution in [0.2, 0.25) is 0 Å². The lowest BCUT2D eigenvalue weighted by Gasteiger charge is -2.34. The van der Waals surface area contributed by atoms with Crippen molar-refractivity contribution in [1.29, 1.82) is 0 Å². The quantitative estimate of drug-likeness (QED) is 0.815. The van der Waals surface area contributed by atoms with Crippen molar-refractivity contribution < 1.29 is 5.11 Å². The Morgan fingerprint density at radius 1 is 1.53 bits per heavy atom. The fourth-order valence-electron chi connectivity index (χ4n) is 2.47. The number of nitrogens with two attached hydrogens (primary N) is 1. The summed E-state index contributed by atoms with van der Waals surface area (Å²) in [5.74, 6) is 0.893. The Kier molecular flexibility index (Phi) is 3.79. The highest BCUT2D eigenvalue weighted by molar-refractivity contribution is 4.97. The second-order valence-corrected chi connectivity index (χ2v) is 5.14. The number of hydrogen-bond donors (Lipinski definition) is 2. The monoisotopic (exact) mass is 238 g/mol. The number of aliphatic hydroxyl groups is 1. The maximum absolute atomic E-state index is 10.5. The molecule has 1 saturated carbocycles. The molecule has 0 atom stereocenters. The van der Waals surface area contributed by atoms with Gasteiger partial charge in [-0.2, -0.15) is 5.10 Å². The standard InChI is InChI=1S/C12H22N4O/c1-2-7-16-11(14-9-15-16)8-12(17)5-3-10(13)4-6-12/h9-10,17H,2-8,13H2,1H3. The molecule has 96 valence electrons. The van der Waals surface area contributed by atoms with Crippen LogP contribution in [0.1, 0.15) is 44.9 Å². The third-order valence-corrected chi connectivity index (χ3v) is 3.58. The van der Waals surface area contributed by atoms with E-state index in [4.69, 9.17) is 5.73 Å². The maximum Gasteiger partial charge on any atom is 0.138 e. The highest BCUT2D eigenvalue weighted by Crippen LogP contribution is 2.30. The van der Waals surface area contributed by atoms with Gasteiger partial charge < -0.3 is 10.8 Å². The molecule has 5 nitrogen and oxygen atoms in total. The van der Waals surface area contributed by atoms with Crippen LogP contribution in [-0.2, 0) is 13.0 Å². The predicted molar refractivity (Wildman–Crippen MR) is 65.4 cm³/mol. The van der Waals surface area contributed by atoms with Crippen molar-refractivity contribution in [3.63, 3.8) is 0 Å². The van der Waals surface area contributed by atoms with Gasteiger partial charge in [0.1, 0.15) is 12.2 Å². The molecule has 17 heavy (non-hydrogen) atoms. The van der Waals surface area contributed by atoms with Crippen molar-refractivity contribution in [1.82, 2.24) is 14.8 Å². The first-order chi connectivity index (χ1) is 8.13. The summed E-state index contributed by atoms with van der Waals surface area (Å²) < 4.78 is 1.90. The topological polar surface area (TPSA) is 77.0 Å². The zero-order chi connectivity index (χ0) is 12.3. The average Bonchev–Trinajstić information content (AvgIpc) is 2.71. The second kappa shape index (κ2) is 5.14. The third-order valence-electron chi connectivity index (χ3n) is 3.58. The number of hydrogen-bond acceptors (Lipinski definition) is 4. The summed E-state index contributed by atoms with van der Waals surface area (Å²) in [5.41, 5.74) is 5.23. The van der Waals surface area contributed by atoms with Crippen LogP contribution in [0.5, 0.6) is 0 Å². The molecule has 1 aromatic heterocycles. The molecule has 0 bridgehead atoms. The number of aromatic nitrogens is 3. The summed E-state index contributed by atoms with van der Waals surface area (Å²) in [7, 11) is 0. The molecule has 0 amide bonds. The minimum atomic E-state index is -0.631. The second-order valence-electron chi connectivity index (χ2n) is 5.14. The van der Waals surface area contributed by atoms with Crippen molar-refractivity contribution >= 4 is 0 Å². The van der Waals surface area contributed by atoms with Crippen LogP contribution in [0, 0.1) is 0 Å². The van der Waals surface area contributed by atoms with E-state index in [1.165, 1.54) is 0 Å². The number of nitrogens with zero attached hydrogens (tertiary/aromatic N) is 3. The molecule has 2 rings (SSSR count). The average molecular weight is 238 g/mol. The Hall–Kier alpha value is -0.940. The number of rotatable bonds is 4. The van der Waals surface area contributed by atoms with Crippen LogP contribution in [0.25, 0.3) is 0 Å². The van der Waals surface area contributed by atoms with Crippen LogP contribution >= 0.6 is 0 Å². The summed E-state index contributed by atoms with van der Waals surface area (Å²) in [6.07, 6.45) is 6.54. The summed E-state index contributed by atoms with van der Waals surface area (Å²) >= 11 is 0. The largest absolute Gasteiger partial charge is 0.389 e. The van der Waals surface area contributed by atoms with Crippen molar-refractivity contribution in [2.75, 3.05) is 0 Å². The molecule has 0 saturated heterocycles. The number of aryl methyl sites for hydroxylation is 1. The maximum atomic E-state index is 10.5. The van der Waals surface area contributed by atoms with Gasteiger partial charge in [-0.15, -0.1) is 0 Å². The van der Waals surface area contributed by atoms with Gasteiger partial charge in [0.25, 0.3) is 0 Å². The van der Waals surface area contributed by atoms with Gasteiger partial charge in [-0.1, -0.05) is 6.92 Å². The van der Waals surface area contributed by atoms with E-state index >= 15 is 0 Å². The van der Waals surface area contributed by atoms with Gasteiger partial charge >= 0.3 is 0 Å². The Morgan fingerprint density at radius 2 is 2.24 bits per heavy atom. The third kappa shape index (κ3) is 3.04. The van der Waals surface area contributed by atoms with E-state index < -0.39 is 5.60 Å². The lowest BCUT2D eigenvalue weighted by Crippen LogP contribution is -2.41. The minimum absolute atomic E-state index is 0.254. The lowest BCUT2D eigenvalue weighted by atomic mass is 9.80. The summed E-state index contributed by atoms with van der Waals surface area (Å²) in [5, 5.41) is 14.7. The Labute approximate surface area is 102 Å². The molecule has 1 heterocycles. The smallest absolute Gasteiger partial charge is 0.138 e. The molecule has 5 heteroatoms. The summed E-state index contributed by atoms with van der Waals surface area (Å²) in [6.45, 7) is 2.98. The van der Waals surface area contributed by atoms with E-state index in [0.29, 0.717) is 6.42 Å². The SMILES string of the molecule is CCCn1ncnc1CC1(O)CCC(N)CC1. The van der Waals surface area contributed by atoms with E-state index in [1.807, 2.05) is 4.68 Å². The van der Waals surface area contributed by atoms with Crippen LogP contribution in [0.4, 0.5) is 0 Å². The molecule has 0 aromatic carbocycles. The van der Waals surface area contributed by atoms with Gasteiger partial charge in [0, 0.05) is 19.0 Å². The first-order valence-corrected chi connectivity index (χ1v) is 6.47. The molecule has 1 aromatic rings. The highest BCUT2D eigenvalue weighted by Gasteiger charge is 2.33. The molecule has 1 aliphatic carbocycles. The molecule has 0 unspecified atom stereocenters. The van der Waals surface area contributed by atoms with Gasteiger partial charge in [-0.05, 0) is 32.1 Å². The molecule has 0 radical (unpaired) electrons. The summed E-state index contributed by atoms with van der Waals surface area (Å²) in [4.78, 5) is 4.25. The van der Waals surface area contributed by atoms with E-state index in [0.717, 1.165) is 44.5 Å². The van der Waals surface area contributed by atoms with Crippen LogP contribution < -0.4 is 5.73 Å². The van der Waals surface area contributed by atoms with Crippen LogP contribution in [0.3, 0.4) is 0 Å². The fraction of sp³-hybridized carbons (Fsp3) is 0.833. The van der Waals surface area contributed by atoms with Gasteiger partial charge in [0.15, 0.2) is 0 Å². The summed E-state index contributed by atoms with van der Waals surface area (Å²) in [6, 6.07) is 0.254. The predicted octanol–water partition coefficient (Wildman–Crippen LogP) is 0.863. The molecule has 1 aliphatic rings. The van der Waals surface area contributed by atoms with Crippen LogP contribution in [-0.4, -0.2) is 31.5 Å².